The molecule has 164 valence electrons. The van der Waals surface area contributed by atoms with Crippen molar-refractivity contribution in [2.45, 2.75) is 33.1 Å². The molecule has 0 aliphatic rings. The second-order valence-corrected chi connectivity index (χ2v) is 9.24. The highest BCUT2D eigenvalue weighted by Crippen LogP contribution is 2.50. The number of unbranched alkanes of at least 4 members (excludes halogenated alkanes) is 1. The molecule has 5 heteroatoms. The van der Waals surface area contributed by atoms with Crippen LogP contribution < -0.4 is 13.6 Å². The van der Waals surface area contributed by atoms with Crippen LogP contribution in [-0.2, 0) is 11.0 Å². The van der Waals surface area contributed by atoms with Gasteiger partial charge in [0.25, 0.3) is 0 Å². The molecule has 1 atom stereocenters. The van der Waals surface area contributed by atoms with Crippen molar-refractivity contribution in [1.82, 2.24) is 0 Å². The standard InChI is InChI=1S/C27H27O4P/c1-3-4-9-22-13-16-25(17-14-22)29-32(28,30-26-12-7-8-21(2)19-26)31-27-18-15-23-10-5-6-11-24(23)20-27/h5-8,10-20H,3-4,9H2,1-2H3. The Balaban J connectivity index is 1.61. The second kappa shape index (κ2) is 9.93. The number of phosphoric ester groups is 1. The van der Waals surface area contributed by atoms with E-state index in [9.17, 15) is 4.57 Å². The number of aryl methyl sites for hydroxylation is 2. The highest BCUT2D eigenvalue weighted by molar-refractivity contribution is 7.49. The lowest BCUT2D eigenvalue weighted by Gasteiger charge is -2.20. The molecule has 4 nitrogen and oxygen atoms in total. The van der Waals surface area contributed by atoms with Crippen molar-refractivity contribution in [3.05, 3.63) is 102 Å². The van der Waals surface area contributed by atoms with Crippen LogP contribution in [0.15, 0.2) is 91.0 Å². The molecule has 4 aromatic rings. The summed E-state index contributed by atoms with van der Waals surface area (Å²) in [5.74, 6) is 1.27. The number of benzene rings is 4. The van der Waals surface area contributed by atoms with Gasteiger partial charge in [-0.15, -0.1) is 0 Å². The molecule has 0 aromatic heterocycles. The zero-order valence-corrected chi connectivity index (χ0v) is 19.3. The first-order valence-electron chi connectivity index (χ1n) is 10.9. The third-order valence-electron chi connectivity index (χ3n) is 5.10. The molecule has 4 aromatic carbocycles. The minimum absolute atomic E-state index is 0.416. The maximum atomic E-state index is 13.8. The number of hydrogen-bond donors (Lipinski definition) is 0. The van der Waals surface area contributed by atoms with Crippen LogP contribution in [0.2, 0.25) is 0 Å². The fraction of sp³-hybridized carbons (Fsp3) is 0.185. The van der Waals surface area contributed by atoms with E-state index in [0.29, 0.717) is 17.2 Å². The molecule has 0 fully saturated rings. The number of hydrogen-bond acceptors (Lipinski definition) is 4. The number of phosphoric acid groups is 1. The van der Waals surface area contributed by atoms with Crippen LogP contribution in [0.3, 0.4) is 0 Å². The summed E-state index contributed by atoms with van der Waals surface area (Å²) in [5, 5.41) is 2.05. The van der Waals surface area contributed by atoms with Crippen LogP contribution in [-0.4, -0.2) is 0 Å². The van der Waals surface area contributed by atoms with Gasteiger partial charge in [-0.25, -0.2) is 0 Å². The van der Waals surface area contributed by atoms with Gasteiger partial charge in [0.2, 0.25) is 0 Å². The van der Waals surface area contributed by atoms with Gasteiger partial charge in [0.1, 0.15) is 17.2 Å². The summed E-state index contributed by atoms with van der Waals surface area (Å²) >= 11 is 0. The summed E-state index contributed by atoms with van der Waals surface area (Å²) in [4.78, 5) is 0. The van der Waals surface area contributed by atoms with Gasteiger partial charge in [0.15, 0.2) is 0 Å². The predicted molar refractivity (Wildman–Crippen MR) is 130 cm³/mol. The van der Waals surface area contributed by atoms with E-state index in [4.69, 9.17) is 13.6 Å². The van der Waals surface area contributed by atoms with Crippen LogP contribution in [0.25, 0.3) is 10.8 Å². The largest absolute Gasteiger partial charge is 0.647 e. The Morgan fingerprint density at radius 3 is 2.06 bits per heavy atom. The van der Waals surface area contributed by atoms with Gasteiger partial charge in [-0.2, -0.15) is 4.57 Å². The van der Waals surface area contributed by atoms with Crippen molar-refractivity contribution >= 4 is 18.6 Å². The van der Waals surface area contributed by atoms with E-state index in [1.165, 1.54) is 5.56 Å². The fourth-order valence-electron chi connectivity index (χ4n) is 3.44. The van der Waals surface area contributed by atoms with E-state index in [2.05, 4.69) is 6.92 Å². The molecule has 0 radical (unpaired) electrons. The first-order valence-corrected chi connectivity index (χ1v) is 12.3. The summed E-state index contributed by atoms with van der Waals surface area (Å²) < 4.78 is 31.3. The average Bonchev–Trinajstić information content (AvgIpc) is 2.78. The Morgan fingerprint density at radius 1 is 0.688 bits per heavy atom. The molecule has 4 rings (SSSR count). The monoisotopic (exact) mass is 446 g/mol. The molecule has 0 saturated carbocycles. The minimum atomic E-state index is -4.02. The van der Waals surface area contributed by atoms with Crippen LogP contribution in [0.4, 0.5) is 0 Å². The van der Waals surface area contributed by atoms with Crippen molar-refractivity contribution < 1.29 is 18.1 Å². The summed E-state index contributed by atoms with van der Waals surface area (Å²) in [5.41, 5.74) is 2.20. The van der Waals surface area contributed by atoms with E-state index in [1.807, 2.05) is 67.6 Å². The van der Waals surface area contributed by atoms with E-state index in [0.717, 1.165) is 35.6 Å². The lowest BCUT2D eigenvalue weighted by molar-refractivity contribution is 0.298. The van der Waals surface area contributed by atoms with Gasteiger partial charge >= 0.3 is 7.82 Å². The number of rotatable bonds is 9. The van der Waals surface area contributed by atoms with E-state index < -0.39 is 7.82 Å². The average molecular weight is 446 g/mol. The molecule has 0 aliphatic carbocycles. The molecule has 0 amide bonds. The smallest absolute Gasteiger partial charge is 0.386 e. The molecule has 0 spiro atoms. The summed E-state index contributed by atoms with van der Waals surface area (Å²) in [6, 6.07) is 28.3. The topological polar surface area (TPSA) is 44.8 Å². The number of fused-ring (bicyclic) bond motifs is 1. The van der Waals surface area contributed by atoms with Gasteiger partial charge in [0.05, 0.1) is 0 Å². The Morgan fingerprint density at radius 2 is 1.34 bits per heavy atom. The molecular formula is C27H27O4P. The maximum Gasteiger partial charge on any atom is 0.647 e. The lowest BCUT2D eigenvalue weighted by Crippen LogP contribution is -2.07. The fourth-order valence-corrected chi connectivity index (χ4v) is 4.67. The highest BCUT2D eigenvalue weighted by atomic mass is 31.2. The van der Waals surface area contributed by atoms with Gasteiger partial charge in [0, 0.05) is 0 Å². The SMILES string of the molecule is CCCCc1ccc(OP(=O)(Oc2cccc(C)c2)Oc2ccc3ccccc3c2)cc1. The first kappa shape index (κ1) is 22.0. The maximum absolute atomic E-state index is 13.8. The van der Waals surface area contributed by atoms with Crippen LogP contribution in [0, 0.1) is 6.92 Å². The molecule has 0 aliphatic heterocycles. The normalized spacial score (nSPS) is 12.8. The molecule has 0 heterocycles. The summed E-state index contributed by atoms with van der Waals surface area (Å²) in [6.45, 7) is 4.11. The third-order valence-corrected chi connectivity index (χ3v) is 6.41. The van der Waals surface area contributed by atoms with Gasteiger partial charge < -0.3 is 13.6 Å². The van der Waals surface area contributed by atoms with E-state index in [1.54, 1.807) is 30.3 Å². The lowest BCUT2D eigenvalue weighted by atomic mass is 10.1. The Kier molecular flexibility index (Phi) is 6.82. The van der Waals surface area contributed by atoms with Crippen molar-refractivity contribution in [3.63, 3.8) is 0 Å². The van der Waals surface area contributed by atoms with Crippen molar-refractivity contribution in [3.8, 4) is 17.2 Å². The third kappa shape index (κ3) is 5.72. The molecule has 32 heavy (non-hydrogen) atoms. The van der Waals surface area contributed by atoms with Crippen molar-refractivity contribution in [2.75, 3.05) is 0 Å². The van der Waals surface area contributed by atoms with Crippen LogP contribution in [0.1, 0.15) is 30.9 Å². The summed E-state index contributed by atoms with van der Waals surface area (Å²) in [7, 11) is -4.02. The zero-order valence-electron chi connectivity index (χ0n) is 18.4. The molecule has 0 N–H and O–H groups in total. The highest BCUT2D eigenvalue weighted by Gasteiger charge is 2.33. The Bertz CT molecular complexity index is 1230. The quantitative estimate of drug-likeness (QED) is 0.243. The van der Waals surface area contributed by atoms with Crippen molar-refractivity contribution in [1.29, 1.82) is 0 Å². The minimum Gasteiger partial charge on any atom is -0.386 e. The Labute approximate surface area is 189 Å². The second-order valence-electron chi connectivity index (χ2n) is 7.79. The summed E-state index contributed by atoms with van der Waals surface area (Å²) in [6.07, 6.45) is 3.26. The zero-order chi connectivity index (χ0) is 22.4. The van der Waals surface area contributed by atoms with Crippen LogP contribution >= 0.6 is 7.82 Å². The van der Waals surface area contributed by atoms with Gasteiger partial charge in [-0.1, -0.05) is 67.9 Å². The van der Waals surface area contributed by atoms with Crippen LogP contribution in [0.5, 0.6) is 17.2 Å². The predicted octanol–water partition coefficient (Wildman–Crippen LogP) is 8.14. The van der Waals surface area contributed by atoms with Crippen molar-refractivity contribution in [2.24, 2.45) is 0 Å². The Hall–Kier alpha value is -3.23. The van der Waals surface area contributed by atoms with E-state index >= 15 is 0 Å². The van der Waals surface area contributed by atoms with Gasteiger partial charge in [-0.05, 0) is 78.1 Å². The van der Waals surface area contributed by atoms with E-state index in [-0.39, 0.29) is 0 Å². The first-order chi connectivity index (χ1) is 15.5. The molecule has 0 bridgehead atoms. The van der Waals surface area contributed by atoms with Gasteiger partial charge in [-0.3, -0.25) is 0 Å². The molecular weight excluding hydrogens is 419 g/mol. The molecule has 1 unspecified atom stereocenters. The molecule has 0 saturated heterocycles.